The van der Waals surface area contributed by atoms with Crippen LogP contribution in [0.3, 0.4) is 0 Å². The van der Waals surface area contributed by atoms with Crippen LogP contribution in [0.5, 0.6) is 0 Å². The summed E-state index contributed by atoms with van der Waals surface area (Å²) >= 11 is 5.39. The molecule has 1 heterocycles. The van der Waals surface area contributed by atoms with Crippen LogP contribution in [0, 0.1) is 5.92 Å². The molecule has 6 heteroatoms. The van der Waals surface area contributed by atoms with Gasteiger partial charge in [-0.05, 0) is 55.6 Å². The molecule has 0 amide bonds. The van der Waals surface area contributed by atoms with Crippen LogP contribution in [0.25, 0.3) is 5.69 Å². The van der Waals surface area contributed by atoms with Gasteiger partial charge in [-0.3, -0.25) is 5.43 Å². The van der Waals surface area contributed by atoms with E-state index in [2.05, 4.69) is 52.0 Å². The van der Waals surface area contributed by atoms with E-state index in [1.54, 1.807) is 12.5 Å². The highest BCUT2D eigenvalue weighted by Crippen LogP contribution is 2.23. The van der Waals surface area contributed by atoms with Crippen molar-refractivity contribution in [1.82, 2.24) is 20.3 Å². The molecule has 2 N–H and O–H groups in total. The van der Waals surface area contributed by atoms with Crippen molar-refractivity contribution in [2.24, 2.45) is 11.0 Å². The Kier molecular flexibility index (Phi) is 5.81. The molecule has 2 atom stereocenters. The quantitative estimate of drug-likeness (QED) is 0.499. The number of nitrogens with zero attached hydrogens (tertiary/aromatic N) is 3. The highest BCUT2D eigenvalue weighted by atomic mass is 32.1. The lowest BCUT2D eigenvalue weighted by molar-refractivity contribution is 0.308. The summed E-state index contributed by atoms with van der Waals surface area (Å²) in [4.78, 5) is 4.07. The fourth-order valence-electron chi connectivity index (χ4n) is 3.22. The van der Waals surface area contributed by atoms with E-state index in [1.807, 2.05) is 17.7 Å². The average Bonchev–Trinajstić information content (AvgIpc) is 3.16. The molecule has 1 aromatic carbocycles. The summed E-state index contributed by atoms with van der Waals surface area (Å²) in [6.07, 6.45) is 10.5. The number of hydrogen-bond donors (Lipinski definition) is 2. The molecule has 0 radical (unpaired) electrons. The zero-order valence-corrected chi connectivity index (χ0v) is 15.6. The van der Waals surface area contributed by atoms with Gasteiger partial charge in [0.15, 0.2) is 5.11 Å². The van der Waals surface area contributed by atoms with E-state index in [0.717, 1.165) is 17.0 Å². The highest BCUT2D eigenvalue weighted by molar-refractivity contribution is 7.80. The van der Waals surface area contributed by atoms with Gasteiger partial charge in [0.2, 0.25) is 0 Å². The van der Waals surface area contributed by atoms with Crippen LogP contribution in [-0.2, 0) is 0 Å². The monoisotopic (exact) mass is 355 g/mol. The maximum absolute atomic E-state index is 5.39. The van der Waals surface area contributed by atoms with E-state index in [9.17, 15) is 0 Å². The second-order valence-electron chi connectivity index (χ2n) is 6.67. The number of imidazole rings is 1. The van der Waals surface area contributed by atoms with Gasteiger partial charge in [-0.2, -0.15) is 5.10 Å². The third-order valence-corrected chi connectivity index (χ3v) is 5.05. The zero-order valence-electron chi connectivity index (χ0n) is 14.8. The molecule has 132 valence electrons. The molecule has 1 fully saturated rings. The first-order valence-electron chi connectivity index (χ1n) is 8.83. The lowest BCUT2D eigenvalue weighted by Gasteiger charge is -2.30. The number of nitrogens with one attached hydrogen (secondary N) is 2. The summed E-state index contributed by atoms with van der Waals surface area (Å²) in [7, 11) is 0. The van der Waals surface area contributed by atoms with Gasteiger partial charge in [0.05, 0.1) is 12.0 Å². The van der Waals surface area contributed by atoms with Crippen molar-refractivity contribution in [2.45, 2.75) is 45.6 Å². The Bertz CT molecular complexity index is 721. The average molecular weight is 356 g/mol. The Hall–Kier alpha value is -2.21. The van der Waals surface area contributed by atoms with Crippen molar-refractivity contribution < 1.29 is 0 Å². The molecule has 25 heavy (non-hydrogen) atoms. The molecule has 0 bridgehead atoms. The summed E-state index contributed by atoms with van der Waals surface area (Å²) in [5.41, 5.74) is 6.02. The molecular weight excluding hydrogens is 330 g/mol. The van der Waals surface area contributed by atoms with Gasteiger partial charge < -0.3 is 9.88 Å². The normalized spacial score (nSPS) is 21.0. The van der Waals surface area contributed by atoms with Crippen molar-refractivity contribution in [2.75, 3.05) is 0 Å². The Morgan fingerprint density at radius 3 is 2.68 bits per heavy atom. The minimum atomic E-state index is 0.457. The summed E-state index contributed by atoms with van der Waals surface area (Å²) in [5.74, 6) is 0.661. The van der Waals surface area contributed by atoms with Crippen LogP contribution in [0.2, 0.25) is 0 Å². The third-order valence-electron chi connectivity index (χ3n) is 4.84. The number of hydrogen-bond acceptors (Lipinski definition) is 3. The van der Waals surface area contributed by atoms with Crippen molar-refractivity contribution in [3.8, 4) is 5.69 Å². The van der Waals surface area contributed by atoms with E-state index < -0.39 is 0 Å². The van der Waals surface area contributed by atoms with E-state index in [4.69, 9.17) is 12.2 Å². The number of benzene rings is 1. The summed E-state index contributed by atoms with van der Waals surface area (Å²) in [6.45, 7) is 4.26. The number of thiocarbonyl (C=S) groups is 1. The molecule has 0 unspecified atom stereocenters. The molecule has 0 spiro atoms. The minimum Gasteiger partial charge on any atom is -0.358 e. The Morgan fingerprint density at radius 2 is 2.00 bits per heavy atom. The summed E-state index contributed by atoms with van der Waals surface area (Å²) < 4.78 is 1.97. The van der Waals surface area contributed by atoms with Crippen LogP contribution in [0.4, 0.5) is 0 Å². The van der Waals surface area contributed by atoms with Crippen LogP contribution >= 0.6 is 12.2 Å². The van der Waals surface area contributed by atoms with Crippen LogP contribution in [0.1, 0.15) is 45.1 Å². The van der Waals surface area contributed by atoms with Crippen molar-refractivity contribution >= 4 is 23.0 Å². The lowest BCUT2D eigenvalue weighted by Crippen LogP contribution is -2.44. The third kappa shape index (κ3) is 4.66. The predicted molar refractivity (Wildman–Crippen MR) is 106 cm³/mol. The second-order valence-corrected chi connectivity index (χ2v) is 7.08. The van der Waals surface area contributed by atoms with Crippen LogP contribution < -0.4 is 10.7 Å². The molecule has 2 aromatic rings. The van der Waals surface area contributed by atoms with Crippen LogP contribution in [0.15, 0.2) is 48.1 Å². The van der Waals surface area contributed by atoms with Crippen molar-refractivity contribution in [1.29, 1.82) is 0 Å². The van der Waals surface area contributed by atoms with E-state index in [-0.39, 0.29) is 0 Å². The maximum atomic E-state index is 5.39. The molecule has 1 saturated carbocycles. The molecule has 0 aliphatic heterocycles. The first kappa shape index (κ1) is 17.6. The SMILES string of the molecule is C/C(=N/NC(=S)N[C@H]1CCCC[C@H]1C)c1ccc(-n2ccnc2)cc1. The molecule has 1 aromatic heterocycles. The highest BCUT2D eigenvalue weighted by Gasteiger charge is 2.21. The van der Waals surface area contributed by atoms with Gasteiger partial charge in [0, 0.05) is 24.1 Å². The maximum Gasteiger partial charge on any atom is 0.187 e. The fourth-order valence-corrected chi connectivity index (χ4v) is 3.41. The first-order chi connectivity index (χ1) is 12.1. The molecule has 0 saturated heterocycles. The van der Waals surface area contributed by atoms with E-state index in [1.165, 1.54) is 25.7 Å². The minimum absolute atomic E-state index is 0.457. The number of aromatic nitrogens is 2. The summed E-state index contributed by atoms with van der Waals surface area (Å²) in [5, 5.41) is 8.43. The van der Waals surface area contributed by atoms with Gasteiger partial charge >= 0.3 is 0 Å². The smallest absolute Gasteiger partial charge is 0.187 e. The number of rotatable bonds is 4. The second kappa shape index (κ2) is 8.25. The Labute approximate surface area is 154 Å². The van der Waals surface area contributed by atoms with Crippen LogP contribution in [-0.4, -0.2) is 26.4 Å². The van der Waals surface area contributed by atoms with Crippen molar-refractivity contribution in [3.63, 3.8) is 0 Å². The molecule has 1 aliphatic rings. The van der Waals surface area contributed by atoms with Gasteiger partial charge in [-0.15, -0.1) is 0 Å². The van der Waals surface area contributed by atoms with E-state index in [0.29, 0.717) is 17.1 Å². The summed E-state index contributed by atoms with van der Waals surface area (Å²) in [6, 6.07) is 8.66. The number of hydrazone groups is 1. The lowest BCUT2D eigenvalue weighted by atomic mass is 9.86. The van der Waals surface area contributed by atoms with E-state index >= 15 is 0 Å². The van der Waals surface area contributed by atoms with Gasteiger partial charge in [-0.1, -0.05) is 31.9 Å². The molecule has 1 aliphatic carbocycles. The largest absolute Gasteiger partial charge is 0.358 e. The first-order valence-corrected chi connectivity index (χ1v) is 9.24. The van der Waals surface area contributed by atoms with Gasteiger partial charge in [0.1, 0.15) is 0 Å². The van der Waals surface area contributed by atoms with Gasteiger partial charge in [0.25, 0.3) is 0 Å². The topological polar surface area (TPSA) is 54.2 Å². The molecule has 3 rings (SSSR count). The fraction of sp³-hybridized carbons (Fsp3) is 0.421. The predicted octanol–water partition coefficient (Wildman–Crippen LogP) is 3.64. The standard InChI is InChI=1S/C19H25N5S/c1-14-5-3-4-6-18(14)21-19(25)23-22-15(2)16-7-9-17(10-8-16)24-12-11-20-13-24/h7-14,18H,3-6H2,1-2H3,(H2,21,23,25)/b22-15-/t14-,18+/m1/s1. The Morgan fingerprint density at radius 1 is 1.24 bits per heavy atom. The zero-order chi connectivity index (χ0) is 17.6. The molecule has 5 nitrogen and oxygen atoms in total. The van der Waals surface area contributed by atoms with Gasteiger partial charge in [-0.25, -0.2) is 4.98 Å². The van der Waals surface area contributed by atoms with Crippen molar-refractivity contribution in [3.05, 3.63) is 48.5 Å². The molecular formula is C19H25N5S. The Balaban J connectivity index is 1.56.